The van der Waals surface area contributed by atoms with Crippen LogP contribution in [0.5, 0.6) is 0 Å². The van der Waals surface area contributed by atoms with Crippen LogP contribution in [0, 0.1) is 10.1 Å². The molecule has 7 nitrogen and oxygen atoms in total. The summed E-state index contributed by atoms with van der Waals surface area (Å²) in [4.78, 5) is 23.5. The van der Waals surface area contributed by atoms with E-state index in [0.29, 0.717) is 5.69 Å². The highest BCUT2D eigenvalue weighted by Gasteiger charge is 2.28. The van der Waals surface area contributed by atoms with Crippen molar-refractivity contribution >= 4 is 28.9 Å². The molecule has 3 N–H and O–H groups in total. The molecule has 0 radical (unpaired) electrons. The van der Waals surface area contributed by atoms with E-state index in [1.165, 1.54) is 18.2 Å². The number of anilines is 1. The second-order valence-corrected chi connectivity index (χ2v) is 6.70. The molecule has 0 spiro atoms. The van der Waals surface area contributed by atoms with Gasteiger partial charge in [0.15, 0.2) is 11.8 Å². The predicted molar refractivity (Wildman–Crippen MR) is 105 cm³/mol. The Hall–Kier alpha value is -3.16. The van der Waals surface area contributed by atoms with Gasteiger partial charge in [0.05, 0.1) is 11.2 Å². The van der Waals surface area contributed by atoms with Crippen LogP contribution < -0.4 is 10.6 Å². The van der Waals surface area contributed by atoms with E-state index in [-0.39, 0.29) is 22.7 Å². The number of furan rings is 1. The van der Waals surface area contributed by atoms with Crippen LogP contribution in [0.2, 0.25) is 5.02 Å². The minimum absolute atomic E-state index is 0.0145. The van der Waals surface area contributed by atoms with Crippen molar-refractivity contribution in [3.63, 3.8) is 0 Å². The lowest BCUT2D eigenvalue weighted by atomic mass is 10.0. The molecule has 28 heavy (non-hydrogen) atoms. The maximum absolute atomic E-state index is 13.0. The Kier molecular flexibility index (Phi) is 6.08. The van der Waals surface area contributed by atoms with Crippen LogP contribution in [-0.4, -0.2) is 10.8 Å². The summed E-state index contributed by atoms with van der Waals surface area (Å²) in [6.45, 7) is 1.94. The van der Waals surface area contributed by atoms with Crippen molar-refractivity contribution in [1.29, 1.82) is 0 Å². The van der Waals surface area contributed by atoms with Crippen molar-refractivity contribution in [3.05, 3.63) is 93.4 Å². The number of hydrogen-bond acceptors (Lipinski definition) is 4. The summed E-state index contributed by atoms with van der Waals surface area (Å²) >= 11 is 5.84. The fourth-order valence-electron chi connectivity index (χ4n) is 2.89. The van der Waals surface area contributed by atoms with E-state index in [1.807, 2.05) is 48.6 Å². The first-order valence-corrected chi connectivity index (χ1v) is 9.01. The van der Waals surface area contributed by atoms with Gasteiger partial charge in [-0.3, -0.25) is 14.9 Å². The van der Waals surface area contributed by atoms with Crippen LogP contribution in [0.3, 0.4) is 0 Å². The molecule has 2 atom stereocenters. The summed E-state index contributed by atoms with van der Waals surface area (Å²) in [7, 11) is 0. The average molecular weight is 401 g/mol. The summed E-state index contributed by atoms with van der Waals surface area (Å²) in [5, 5.41) is 15.7. The average Bonchev–Trinajstić information content (AvgIpc) is 3.22. The Morgan fingerprint density at radius 1 is 1.18 bits per heavy atom. The molecular formula is C20H19ClN3O4+. The smallest absolute Gasteiger partial charge is 0.289 e. The number of quaternary nitrogens is 1. The molecule has 0 unspecified atom stereocenters. The number of carbonyl (C=O) groups is 1. The van der Waals surface area contributed by atoms with E-state index in [0.717, 1.165) is 11.3 Å². The fourth-order valence-corrected chi connectivity index (χ4v) is 3.08. The number of nitrogens with one attached hydrogen (secondary N) is 1. The number of benzene rings is 2. The molecular weight excluding hydrogens is 382 g/mol. The third-order valence-corrected chi connectivity index (χ3v) is 4.64. The molecule has 1 amide bonds. The van der Waals surface area contributed by atoms with Crippen LogP contribution in [0.4, 0.5) is 11.4 Å². The first-order chi connectivity index (χ1) is 13.5. The Morgan fingerprint density at radius 3 is 2.57 bits per heavy atom. The van der Waals surface area contributed by atoms with Crippen molar-refractivity contribution in [2.24, 2.45) is 0 Å². The number of amides is 1. The van der Waals surface area contributed by atoms with Crippen molar-refractivity contribution in [2.75, 3.05) is 5.32 Å². The molecule has 2 aromatic carbocycles. The van der Waals surface area contributed by atoms with Gasteiger partial charge in [0.1, 0.15) is 11.1 Å². The third-order valence-electron chi connectivity index (χ3n) is 4.32. The Morgan fingerprint density at radius 2 is 1.93 bits per heavy atom. The monoisotopic (exact) mass is 400 g/mol. The molecule has 0 bridgehead atoms. The van der Waals surface area contributed by atoms with Gasteiger partial charge in [-0.2, -0.15) is 0 Å². The van der Waals surface area contributed by atoms with Crippen LogP contribution in [-0.2, 0) is 4.79 Å². The van der Waals surface area contributed by atoms with Gasteiger partial charge in [-0.1, -0.05) is 41.9 Å². The molecule has 0 aliphatic heterocycles. The van der Waals surface area contributed by atoms with E-state index in [4.69, 9.17) is 16.0 Å². The predicted octanol–water partition coefficient (Wildman–Crippen LogP) is 3.85. The third kappa shape index (κ3) is 4.57. The fraction of sp³-hybridized carbons (Fsp3) is 0.150. The highest BCUT2D eigenvalue weighted by atomic mass is 35.5. The maximum Gasteiger partial charge on any atom is 0.289 e. The van der Waals surface area contributed by atoms with Gasteiger partial charge < -0.3 is 15.1 Å². The second-order valence-electron chi connectivity index (χ2n) is 6.30. The molecule has 8 heteroatoms. The molecule has 3 rings (SSSR count). The molecule has 144 valence electrons. The van der Waals surface area contributed by atoms with Crippen LogP contribution in [0.15, 0.2) is 71.3 Å². The van der Waals surface area contributed by atoms with Crippen LogP contribution >= 0.6 is 11.6 Å². The quantitative estimate of drug-likeness (QED) is 0.464. The van der Waals surface area contributed by atoms with E-state index in [9.17, 15) is 14.9 Å². The first-order valence-electron chi connectivity index (χ1n) is 8.64. The molecule has 0 fully saturated rings. The van der Waals surface area contributed by atoms with Gasteiger partial charge in [0.25, 0.3) is 11.6 Å². The van der Waals surface area contributed by atoms with Gasteiger partial charge in [0.2, 0.25) is 0 Å². The molecule has 1 aromatic heterocycles. The van der Waals surface area contributed by atoms with E-state index in [2.05, 4.69) is 5.32 Å². The lowest BCUT2D eigenvalue weighted by Gasteiger charge is -2.19. The van der Waals surface area contributed by atoms with Gasteiger partial charge in [-0.15, -0.1) is 0 Å². The number of nitro benzene ring substituents is 1. The normalized spacial score (nSPS) is 12.9. The van der Waals surface area contributed by atoms with E-state index < -0.39 is 11.0 Å². The summed E-state index contributed by atoms with van der Waals surface area (Å²) < 4.78 is 5.43. The molecule has 0 aliphatic rings. The molecule has 3 aromatic rings. The Balaban J connectivity index is 1.84. The van der Waals surface area contributed by atoms with Crippen molar-refractivity contribution in [3.8, 4) is 0 Å². The number of halogens is 1. The van der Waals surface area contributed by atoms with E-state index in [1.54, 1.807) is 12.3 Å². The topological polar surface area (TPSA) is 102 Å². The standard InChI is InChI=1S/C20H18ClN3O4/c1-13(18-8-5-11-28-18)22-19(14-6-3-2-4-7-14)20(25)23-15-9-10-16(21)17(12-15)24(26)27/h2-13,19,22H,1H3,(H,23,25)/p+1/t13-,19+/m1/s1. The lowest BCUT2D eigenvalue weighted by Crippen LogP contribution is -2.87. The van der Waals surface area contributed by atoms with Crippen molar-refractivity contribution < 1.29 is 19.5 Å². The second kappa shape index (κ2) is 8.69. The van der Waals surface area contributed by atoms with Gasteiger partial charge in [0, 0.05) is 17.3 Å². The number of nitro groups is 1. The zero-order chi connectivity index (χ0) is 20.1. The van der Waals surface area contributed by atoms with E-state index >= 15 is 0 Å². The lowest BCUT2D eigenvalue weighted by molar-refractivity contribution is -0.720. The zero-order valence-corrected chi connectivity index (χ0v) is 15.8. The zero-order valence-electron chi connectivity index (χ0n) is 15.0. The van der Waals surface area contributed by atoms with Crippen molar-refractivity contribution in [2.45, 2.75) is 19.0 Å². The number of carbonyl (C=O) groups excluding carboxylic acids is 1. The summed E-state index contributed by atoms with van der Waals surface area (Å²) in [5.41, 5.74) is 0.853. The number of rotatable bonds is 7. The van der Waals surface area contributed by atoms with Gasteiger partial charge in [-0.25, -0.2) is 0 Å². The molecule has 0 aliphatic carbocycles. The summed E-state index contributed by atoms with van der Waals surface area (Å²) in [6, 6.07) is 16.4. The maximum atomic E-state index is 13.0. The highest BCUT2D eigenvalue weighted by Crippen LogP contribution is 2.27. The van der Waals surface area contributed by atoms with Gasteiger partial charge in [-0.05, 0) is 31.2 Å². The number of nitrogens with two attached hydrogens (primary N) is 1. The first kappa shape index (κ1) is 19.6. The largest absolute Gasteiger partial charge is 0.463 e. The molecule has 1 heterocycles. The summed E-state index contributed by atoms with van der Waals surface area (Å²) in [6.07, 6.45) is 1.59. The Labute approximate surface area is 166 Å². The van der Waals surface area contributed by atoms with Crippen LogP contribution in [0.1, 0.15) is 30.3 Å². The minimum atomic E-state index is -0.586. The number of hydrogen-bond donors (Lipinski definition) is 2. The van der Waals surface area contributed by atoms with Crippen LogP contribution in [0.25, 0.3) is 0 Å². The van der Waals surface area contributed by atoms with Crippen molar-refractivity contribution in [1.82, 2.24) is 0 Å². The number of nitrogens with zero attached hydrogens (tertiary/aromatic N) is 1. The summed E-state index contributed by atoms with van der Waals surface area (Å²) in [5.74, 6) is 0.442. The highest BCUT2D eigenvalue weighted by molar-refractivity contribution is 6.32. The Bertz CT molecular complexity index is 961. The SMILES string of the molecule is C[C@@H]([NH2+][C@H](C(=O)Nc1ccc(Cl)c([N+](=O)[O-])c1)c1ccccc1)c1ccco1. The molecule has 0 saturated heterocycles. The van der Waals surface area contributed by atoms with Gasteiger partial charge >= 0.3 is 0 Å². The minimum Gasteiger partial charge on any atom is -0.463 e. The molecule has 0 saturated carbocycles.